The molecule has 0 unspecified atom stereocenters. The highest BCUT2D eigenvalue weighted by Gasteiger charge is 2.12. The zero-order valence-corrected chi connectivity index (χ0v) is 16.9. The van der Waals surface area contributed by atoms with Crippen molar-refractivity contribution < 1.29 is 22.7 Å². The van der Waals surface area contributed by atoms with Crippen molar-refractivity contribution in [2.24, 2.45) is 0 Å². The Labute approximate surface area is 165 Å². The van der Waals surface area contributed by atoms with Gasteiger partial charge in [0.2, 0.25) is 15.9 Å². The van der Waals surface area contributed by atoms with Gasteiger partial charge in [0, 0.05) is 18.3 Å². The Kier molecular flexibility index (Phi) is 7.60. The van der Waals surface area contributed by atoms with Crippen molar-refractivity contribution in [3.05, 3.63) is 54.1 Å². The molecule has 1 amide bonds. The number of ether oxygens (including phenoxy) is 2. The standard InChI is InChI=1S/C20H24N2O5S/c1-4-13-21-28(24,25)17-9-7-16(8-10-17)22-20(23)12-6-15-5-11-18(26-2)19(14-15)27-3/h5-12,14,21H,4,13H2,1-3H3,(H,22,23). The monoisotopic (exact) mass is 404 g/mol. The number of hydrogen-bond acceptors (Lipinski definition) is 5. The molecule has 2 rings (SSSR count). The number of carbonyl (C=O) groups is 1. The summed E-state index contributed by atoms with van der Waals surface area (Å²) in [5, 5.41) is 2.69. The molecule has 0 spiro atoms. The van der Waals surface area contributed by atoms with E-state index in [0.717, 1.165) is 5.56 Å². The van der Waals surface area contributed by atoms with Crippen LogP contribution in [0.3, 0.4) is 0 Å². The summed E-state index contributed by atoms with van der Waals surface area (Å²) in [5.41, 5.74) is 1.27. The van der Waals surface area contributed by atoms with Gasteiger partial charge in [0.05, 0.1) is 19.1 Å². The number of amides is 1. The molecule has 0 atom stereocenters. The molecule has 0 aromatic heterocycles. The summed E-state index contributed by atoms with van der Waals surface area (Å²) in [6, 6.07) is 11.3. The van der Waals surface area contributed by atoms with Gasteiger partial charge in [-0.1, -0.05) is 13.0 Å². The molecule has 0 aliphatic rings. The third kappa shape index (κ3) is 5.83. The van der Waals surface area contributed by atoms with Crippen molar-refractivity contribution >= 4 is 27.7 Å². The van der Waals surface area contributed by atoms with Crippen LogP contribution in [0.1, 0.15) is 18.9 Å². The largest absolute Gasteiger partial charge is 0.493 e. The lowest BCUT2D eigenvalue weighted by Gasteiger charge is -2.08. The summed E-state index contributed by atoms with van der Waals surface area (Å²) >= 11 is 0. The van der Waals surface area contributed by atoms with Gasteiger partial charge < -0.3 is 14.8 Å². The van der Waals surface area contributed by atoms with E-state index in [9.17, 15) is 13.2 Å². The second-order valence-corrected chi connectivity index (χ2v) is 7.63. The minimum atomic E-state index is -3.53. The molecule has 2 aromatic rings. The van der Waals surface area contributed by atoms with E-state index in [2.05, 4.69) is 10.0 Å². The summed E-state index contributed by atoms with van der Waals surface area (Å²) in [4.78, 5) is 12.3. The van der Waals surface area contributed by atoms with E-state index in [1.165, 1.54) is 18.2 Å². The number of benzene rings is 2. The van der Waals surface area contributed by atoms with Gasteiger partial charge in [0.25, 0.3) is 0 Å². The van der Waals surface area contributed by atoms with Crippen LogP contribution in [0, 0.1) is 0 Å². The maximum atomic E-state index is 12.1. The van der Waals surface area contributed by atoms with Crippen molar-refractivity contribution in [2.75, 3.05) is 26.1 Å². The first-order chi connectivity index (χ1) is 13.4. The summed E-state index contributed by atoms with van der Waals surface area (Å²) in [6.07, 6.45) is 3.74. The Morgan fingerprint density at radius 3 is 2.32 bits per heavy atom. The van der Waals surface area contributed by atoms with E-state index < -0.39 is 10.0 Å². The van der Waals surface area contributed by atoms with E-state index in [0.29, 0.717) is 30.2 Å². The first kappa shape index (κ1) is 21.5. The van der Waals surface area contributed by atoms with Crippen LogP contribution < -0.4 is 19.5 Å². The Morgan fingerprint density at radius 2 is 1.71 bits per heavy atom. The van der Waals surface area contributed by atoms with Crippen molar-refractivity contribution in [1.29, 1.82) is 0 Å². The average Bonchev–Trinajstić information content (AvgIpc) is 2.71. The molecule has 2 N–H and O–H groups in total. The van der Waals surface area contributed by atoms with E-state index in [1.807, 2.05) is 6.92 Å². The minimum Gasteiger partial charge on any atom is -0.493 e. The quantitative estimate of drug-likeness (QED) is 0.627. The van der Waals surface area contributed by atoms with Crippen molar-refractivity contribution in [2.45, 2.75) is 18.2 Å². The zero-order chi connectivity index (χ0) is 20.6. The van der Waals surface area contributed by atoms with Gasteiger partial charge in [0.1, 0.15) is 0 Å². The second kappa shape index (κ2) is 9.91. The number of methoxy groups -OCH3 is 2. The van der Waals surface area contributed by atoms with Crippen LogP contribution in [-0.2, 0) is 14.8 Å². The van der Waals surface area contributed by atoms with E-state index in [-0.39, 0.29) is 10.8 Å². The van der Waals surface area contributed by atoms with Crippen molar-refractivity contribution in [1.82, 2.24) is 4.72 Å². The van der Waals surface area contributed by atoms with Gasteiger partial charge >= 0.3 is 0 Å². The van der Waals surface area contributed by atoms with Crippen LogP contribution in [0.5, 0.6) is 11.5 Å². The highest BCUT2D eigenvalue weighted by atomic mass is 32.2. The van der Waals surface area contributed by atoms with Gasteiger partial charge in [-0.15, -0.1) is 0 Å². The smallest absolute Gasteiger partial charge is 0.248 e. The summed E-state index contributed by atoms with van der Waals surface area (Å²) in [5.74, 6) is 0.834. The molecule has 0 fully saturated rings. The summed E-state index contributed by atoms with van der Waals surface area (Å²) in [6.45, 7) is 2.26. The van der Waals surface area contributed by atoms with Crippen molar-refractivity contribution in [3.8, 4) is 11.5 Å². The Bertz CT molecular complexity index is 938. The molecule has 0 saturated heterocycles. The van der Waals surface area contributed by atoms with Crippen LogP contribution in [0.4, 0.5) is 5.69 Å². The second-order valence-electron chi connectivity index (χ2n) is 5.86. The first-order valence-corrected chi connectivity index (χ1v) is 10.2. The fourth-order valence-electron chi connectivity index (χ4n) is 2.35. The number of hydrogen-bond donors (Lipinski definition) is 2. The predicted molar refractivity (Wildman–Crippen MR) is 109 cm³/mol. The van der Waals surface area contributed by atoms with Gasteiger partial charge in [0.15, 0.2) is 11.5 Å². The molecule has 150 valence electrons. The third-order valence-electron chi connectivity index (χ3n) is 3.81. The molecule has 0 heterocycles. The van der Waals surface area contributed by atoms with Crippen molar-refractivity contribution in [3.63, 3.8) is 0 Å². The number of carbonyl (C=O) groups excluding carboxylic acids is 1. The SMILES string of the molecule is CCCNS(=O)(=O)c1ccc(NC(=O)C=Cc2ccc(OC)c(OC)c2)cc1. The van der Waals surface area contributed by atoms with Gasteiger partial charge in [-0.25, -0.2) is 13.1 Å². The van der Waals surface area contributed by atoms with Gasteiger partial charge in [-0.05, 0) is 54.5 Å². The molecule has 7 nitrogen and oxygen atoms in total. The highest BCUT2D eigenvalue weighted by molar-refractivity contribution is 7.89. The Hall–Kier alpha value is -2.84. The topological polar surface area (TPSA) is 93.7 Å². The molecule has 0 aliphatic carbocycles. The zero-order valence-electron chi connectivity index (χ0n) is 16.1. The third-order valence-corrected chi connectivity index (χ3v) is 5.29. The van der Waals surface area contributed by atoms with E-state index >= 15 is 0 Å². The van der Waals surface area contributed by atoms with Crippen LogP contribution in [0.2, 0.25) is 0 Å². The summed E-state index contributed by atoms with van der Waals surface area (Å²) < 4.78 is 37.0. The van der Waals surface area contributed by atoms with Gasteiger partial charge in [-0.3, -0.25) is 4.79 Å². The molecular weight excluding hydrogens is 380 g/mol. The lowest BCUT2D eigenvalue weighted by molar-refractivity contribution is -0.111. The summed E-state index contributed by atoms with van der Waals surface area (Å²) in [7, 11) is -0.431. The normalized spacial score (nSPS) is 11.4. The molecule has 2 aromatic carbocycles. The maximum Gasteiger partial charge on any atom is 0.248 e. The predicted octanol–water partition coefficient (Wildman–Crippen LogP) is 3.04. The van der Waals surface area contributed by atoms with Crippen LogP contribution in [0.25, 0.3) is 6.08 Å². The Balaban J connectivity index is 2.02. The average molecular weight is 404 g/mol. The molecule has 0 saturated carbocycles. The van der Waals surface area contributed by atoms with Gasteiger partial charge in [-0.2, -0.15) is 0 Å². The number of anilines is 1. The number of nitrogens with one attached hydrogen (secondary N) is 2. The number of rotatable bonds is 9. The van der Waals surface area contributed by atoms with Crippen LogP contribution in [-0.4, -0.2) is 35.1 Å². The lowest BCUT2D eigenvalue weighted by Crippen LogP contribution is -2.24. The minimum absolute atomic E-state index is 0.153. The Morgan fingerprint density at radius 1 is 1.04 bits per heavy atom. The fourth-order valence-corrected chi connectivity index (χ4v) is 3.48. The highest BCUT2D eigenvalue weighted by Crippen LogP contribution is 2.28. The molecule has 8 heteroatoms. The molecule has 0 aliphatic heterocycles. The fraction of sp³-hybridized carbons (Fsp3) is 0.250. The molecule has 0 bridgehead atoms. The molecule has 28 heavy (non-hydrogen) atoms. The molecule has 0 radical (unpaired) electrons. The van der Waals surface area contributed by atoms with Crippen LogP contribution in [0.15, 0.2) is 53.4 Å². The molecular formula is C20H24N2O5S. The number of sulfonamides is 1. The maximum absolute atomic E-state index is 12.1. The van der Waals surface area contributed by atoms with Crippen LogP contribution >= 0.6 is 0 Å². The van der Waals surface area contributed by atoms with E-state index in [4.69, 9.17) is 9.47 Å². The van der Waals surface area contributed by atoms with E-state index in [1.54, 1.807) is 50.6 Å². The lowest BCUT2D eigenvalue weighted by atomic mass is 10.2. The first-order valence-electron chi connectivity index (χ1n) is 8.70.